The number of carbonyl (C=O) groups is 2. The highest BCUT2D eigenvalue weighted by Crippen LogP contribution is 2.24. The van der Waals surface area contributed by atoms with Crippen LogP contribution in [0.15, 0.2) is 53.4 Å². The van der Waals surface area contributed by atoms with Crippen molar-refractivity contribution >= 4 is 45.0 Å². The summed E-state index contributed by atoms with van der Waals surface area (Å²) in [4.78, 5) is 27.7. The lowest BCUT2D eigenvalue weighted by Gasteiger charge is -2.30. The standard InChI is InChI=1S/C25H33Cl2N3O4S/c1-5-18(2)28-25(32)19(3)30(17-20-13-14-22(26)23(27)16-20)24(31)12-9-15-29(4)35(33,34)21-10-7-6-8-11-21/h6-8,10-11,13-14,16,18-19H,5,9,12,15,17H2,1-4H3,(H,28,32)/t18-,19-/m0/s1. The highest BCUT2D eigenvalue weighted by atomic mass is 35.5. The Hall–Kier alpha value is -2.13. The maximum Gasteiger partial charge on any atom is 0.242 e. The molecule has 0 saturated heterocycles. The molecule has 0 fully saturated rings. The smallest absolute Gasteiger partial charge is 0.242 e. The number of hydrogen-bond acceptors (Lipinski definition) is 4. The summed E-state index contributed by atoms with van der Waals surface area (Å²) < 4.78 is 26.7. The fraction of sp³-hybridized carbons (Fsp3) is 0.440. The zero-order chi connectivity index (χ0) is 26.2. The van der Waals surface area contributed by atoms with Crippen LogP contribution in [0.25, 0.3) is 0 Å². The predicted molar refractivity (Wildman–Crippen MR) is 140 cm³/mol. The molecule has 2 aromatic rings. The van der Waals surface area contributed by atoms with Crippen molar-refractivity contribution in [2.45, 2.75) is 63.6 Å². The lowest BCUT2D eigenvalue weighted by molar-refractivity contribution is -0.141. The summed E-state index contributed by atoms with van der Waals surface area (Å²) in [6.45, 7) is 5.88. The number of sulfonamides is 1. The topological polar surface area (TPSA) is 86.8 Å². The molecule has 0 aromatic heterocycles. The molecule has 7 nitrogen and oxygen atoms in total. The molecule has 35 heavy (non-hydrogen) atoms. The molecule has 0 radical (unpaired) electrons. The molecule has 0 aliphatic rings. The molecule has 0 heterocycles. The van der Waals surface area contributed by atoms with Crippen molar-refractivity contribution in [1.29, 1.82) is 0 Å². The van der Waals surface area contributed by atoms with Gasteiger partial charge in [0.2, 0.25) is 21.8 Å². The Morgan fingerprint density at radius 1 is 1.03 bits per heavy atom. The van der Waals surface area contributed by atoms with Gasteiger partial charge in [-0.2, -0.15) is 0 Å². The largest absolute Gasteiger partial charge is 0.352 e. The van der Waals surface area contributed by atoms with Crippen molar-refractivity contribution in [3.63, 3.8) is 0 Å². The van der Waals surface area contributed by atoms with Gasteiger partial charge in [0.05, 0.1) is 14.9 Å². The Balaban J connectivity index is 2.12. The normalized spacial score (nSPS) is 13.3. The number of nitrogens with one attached hydrogen (secondary N) is 1. The van der Waals surface area contributed by atoms with Crippen molar-refractivity contribution in [3.8, 4) is 0 Å². The van der Waals surface area contributed by atoms with Gasteiger partial charge in [-0.1, -0.05) is 54.4 Å². The van der Waals surface area contributed by atoms with Gasteiger partial charge in [0.1, 0.15) is 6.04 Å². The molecule has 192 valence electrons. The minimum atomic E-state index is -3.64. The van der Waals surface area contributed by atoms with Gasteiger partial charge in [0.15, 0.2) is 0 Å². The van der Waals surface area contributed by atoms with Crippen LogP contribution in [-0.2, 0) is 26.2 Å². The molecule has 0 aliphatic heterocycles. The van der Waals surface area contributed by atoms with Crippen LogP contribution in [0.4, 0.5) is 0 Å². The second-order valence-electron chi connectivity index (χ2n) is 8.51. The second-order valence-corrected chi connectivity index (χ2v) is 11.4. The molecule has 2 rings (SSSR count). The third kappa shape index (κ3) is 8.20. The van der Waals surface area contributed by atoms with E-state index in [0.29, 0.717) is 16.5 Å². The minimum Gasteiger partial charge on any atom is -0.352 e. The average molecular weight is 543 g/mol. The van der Waals surface area contributed by atoms with Crippen LogP contribution < -0.4 is 5.32 Å². The number of hydrogen-bond donors (Lipinski definition) is 1. The van der Waals surface area contributed by atoms with E-state index < -0.39 is 16.1 Å². The first-order chi connectivity index (χ1) is 16.5. The quantitative estimate of drug-likeness (QED) is 0.420. The van der Waals surface area contributed by atoms with E-state index in [-0.39, 0.29) is 42.3 Å². The summed E-state index contributed by atoms with van der Waals surface area (Å²) in [6.07, 6.45) is 1.15. The second kappa shape index (κ2) is 13.3. The molecular formula is C25H33Cl2N3O4S. The predicted octanol–water partition coefficient (Wildman–Crippen LogP) is 4.73. The summed E-state index contributed by atoms with van der Waals surface area (Å²) in [5, 5.41) is 3.68. The Morgan fingerprint density at radius 2 is 1.69 bits per heavy atom. The lowest BCUT2D eigenvalue weighted by atomic mass is 10.1. The van der Waals surface area contributed by atoms with E-state index in [1.165, 1.54) is 28.4 Å². The van der Waals surface area contributed by atoms with E-state index >= 15 is 0 Å². The van der Waals surface area contributed by atoms with Crippen LogP contribution in [0.5, 0.6) is 0 Å². The third-order valence-electron chi connectivity index (χ3n) is 5.82. The van der Waals surface area contributed by atoms with Gasteiger partial charge in [-0.3, -0.25) is 9.59 Å². The van der Waals surface area contributed by atoms with E-state index in [1.54, 1.807) is 43.3 Å². The van der Waals surface area contributed by atoms with E-state index in [9.17, 15) is 18.0 Å². The van der Waals surface area contributed by atoms with Gasteiger partial charge in [-0.25, -0.2) is 12.7 Å². The highest BCUT2D eigenvalue weighted by molar-refractivity contribution is 7.89. The van der Waals surface area contributed by atoms with Crippen LogP contribution in [0, 0.1) is 0 Å². The van der Waals surface area contributed by atoms with Gasteiger partial charge < -0.3 is 10.2 Å². The Morgan fingerprint density at radius 3 is 2.29 bits per heavy atom. The van der Waals surface area contributed by atoms with E-state index in [0.717, 1.165) is 12.0 Å². The fourth-order valence-electron chi connectivity index (χ4n) is 3.37. The molecule has 0 bridgehead atoms. The van der Waals surface area contributed by atoms with Crippen LogP contribution in [0.1, 0.15) is 45.6 Å². The highest BCUT2D eigenvalue weighted by Gasteiger charge is 2.27. The lowest BCUT2D eigenvalue weighted by Crippen LogP contribution is -2.49. The van der Waals surface area contributed by atoms with E-state index in [2.05, 4.69) is 5.32 Å². The number of halogens is 2. The number of carbonyl (C=O) groups excluding carboxylic acids is 2. The number of rotatable bonds is 12. The van der Waals surface area contributed by atoms with E-state index in [4.69, 9.17) is 23.2 Å². The molecule has 0 saturated carbocycles. The van der Waals surface area contributed by atoms with Gasteiger partial charge in [-0.05, 0) is 56.5 Å². The fourth-order valence-corrected chi connectivity index (χ4v) is 4.92. The van der Waals surface area contributed by atoms with Crippen LogP contribution in [0.2, 0.25) is 10.0 Å². The molecular weight excluding hydrogens is 509 g/mol. The van der Waals surface area contributed by atoms with Crippen molar-refractivity contribution in [3.05, 3.63) is 64.1 Å². The maximum absolute atomic E-state index is 13.2. The van der Waals surface area contributed by atoms with Gasteiger partial charge in [-0.15, -0.1) is 0 Å². The van der Waals surface area contributed by atoms with Crippen LogP contribution >= 0.6 is 23.2 Å². The monoisotopic (exact) mass is 541 g/mol. The summed E-state index contributed by atoms with van der Waals surface area (Å²) in [5.74, 6) is -0.509. The van der Waals surface area contributed by atoms with Gasteiger partial charge in [0.25, 0.3) is 0 Å². The Kier molecular flexibility index (Phi) is 11.0. The summed E-state index contributed by atoms with van der Waals surface area (Å²) in [5.41, 5.74) is 0.736. The Labute approximate surface area is 218 Å². The average Bonchev–Trinajstić information content (AvgIpc) is 2.84. The molecule has 0 spiro atoms. The van der Waals surface area contributed by atoms with Gasteiger partial charge in [0, 0.05) is 32.6 Å². The summed E-state index contributed by atoms with van der Waals surface area (Å²) >= 11 is 12.2. The molecule has 2 atom stereocenters. The molecule has 1 N–H and O–H groups in total. The molecule has 0 aliphatic carbocycles. The number of amides is 2. The molecule has 2 amide bonds. The first kappa shape index (κ1) is 29.1. The molecule has 2 aromatic carbocycles. The van der Waals surface area contributed by atoms with Crippen molar-refractivity contribution in [1.82, 2.24) is 14.5 Å². The van der Waals surface area contributed by atoms with E-state index in [1.807, 2.05) is 13.8 Å². The number of benzene rings is 2. The minimum absolute atomic E-state index is 0.0243. The summed E-state index contributed by atoms with van der Waals surface area (Å²) in [6, 6.07) is 12.5. The van der Waals surface area contributed by atoms with Crippen LogP contribution in [0.3, 0.4) is 0 Å². The molecule has 10 heteroatoms. The maximum atomic E-state index is 13.2. The van der Waals surface area contributed by atoms with Gasteiger partial charge >= 0.3 is 0 Å². The number of nitrogens with zero attached hydrogens (tertiary/aromatic N) is 2. The zero-order valence-corrected chi connectivity index (χ0v) is 22.8. The first-order valence-electron chi connectivity index (χ1n) is 11.5. The molecule has 0 unspecified atom stereocenters. The Bertz CT molecular complexity index is 1110. The summed E-state index contributed by atoms with van der Waals surface area (Å²) in [7, 11) is -2.16. The van der Waals surface area contributed by atoms with Crippen molar-refractivity contribution in [2.75, 3.05) is 13.6 Å². The SMILES string of the molecule is CC[C@H](C)NC(=O)[C@H](C)N(Cc1ccc(Cl)c(Cl)c1)C(=O)CCCN(C)S(=O)(=O)c1ccccc1. The zero-order valence-electron chi connectivity index (χ0n) is 20.5. The first-order valence-corrected chi connectivity index (χ1v) is 13.7. The van der Waals surface area contributed by atoms with Crippen molar-refractivity contribution < 1.29 is 18.0 Å². The van der Waals surface area contributed by atoms with Crippen molar-refractivity contribution in [2.24, 2.45) is 0 Å². The third-order valence-corrected chi connectivity index (χ3v) is 8.43. The van der Waals surface area contributed by atoms with Crippen LogP contribution in [-0.4, -0.2) is 55.1 Å².